The number of anilines is 1. The fraction of sp³-hybridized carbons (Fsp3) is 0.111. The number of nitrogens with zero attached hydrogens (tertiary/aromatic N) is 2. The van der Waals surface area contributed by atoms with E-state index in [0.717, 1.165) is 11.1 Å². The Morgan fingerprint density at radius 3 is 2.60 bits per heavy atom. The van der Waals surface area contributed by atoms with Gasteiger partial charge in [-0.2, -0.15) is 5.26 Å². The summed E-state index contributed by atoms with van der Waals surface area (Å²) in [6.45, 7) is 3.78. The van der Waals surface area contributed by atoms with Crippen LogP contribution in [0.3, 0.4) is 0 Å². The SMILES string of the molecule is Cc1ccc(NC(=O)/C(C#N)=C/c2cc([N+](=O)[O-])ccc2Cl)c(C)c1. The Labute approximate surface area is 149 Å². The van der Waals surface area contributed by atoms with Crippen LogP contribution in [0.25, 0.3) is 6.08 Å². The summed E-state index contributed by atoms with van der Waals surface area (Å²) in [6.07, 6.45) is 1.23. The zero-order valence-electron chi connectivity index (χ0n) is 13.5. The first-order valence-electron chi connectivity index (χ1n) is 7.26. The monoisotopic (exact) mass is 355 g/mol. The standard InChI is InChI=1S/C18H14ClN3O3/c1-11-3-6-17(12(2)7-11)21-18(23)14(10-20)8-13-9-15(22(24)25)4-5-16(13)19/h3-9H,1-2H3,(H,21,23)/b14-8+. The van der Waals surface area contributed by atoms with Gasteiger partial charge in [-0.1, -0.05) is 29.3 Å². The summed E-state index contributed by atoms with van der Waals surface area (Å²) >= 11 is 6.00. The van der Waals surface area contributed by atoms with Gasteiger partial charge in [-0.3, -0.25) is 14.9 Å². The van der Waals surface area contributed by atoms with Crippen molar-refractivity contribution in [2.24, 2.45) is 0 Å². The number of hydrogen-bond donors (Lipinski definition) is 1. The highest BCUT2D eigenvalue weighted by Gasteiger charge is 2.14. The Bertz CT molecular complexity index is 930. The van der Waals surface area contributed by atoms with Gasteiger partial charge in [0.15, 0.2) is 0 Å². The van der Waals surface area contributed by atoms with E-state index in [1.807, 2.05) is 26.0 Å². The number of aryl methyl sites for hydroxylation is 2. The molecule has 25 heavy (non-hydrogen) atoms. The van der Waals surface area contributed by atoms with Crippen LogP contribution in [0.15, 0.2) is 42.0 Å². The van der Waals surface area contributed by atoms with E-state index in [-0.39, 0.29) is 21.8 Å². The highest BCUT2D eigenvalue weighted by Crippen LogP contribution is 2.25. The quantitative estimate of drug-likeness (QED) is 0.380. The summed E-state index contributed by atoms with van der Waals surface area (Å²) in [5.74, 6) is -0.614. The third kappa shape index (κ3) is 4.43. The van der Waals surface area contributed by atoms with Crippen molar-refractivity contribution in [1.29, 1.82) is 5.26 Å². The van der Waals surface area contributed by atoms with Gasteiger partial charge >= 0.3 is 0 Å². The number of amides is 1. The van der Waals surface area contributed by atoms with Crippen molar-refractivity contribution in [3.63, 3.8) is 0 Å². The number of halogens is 1. The highest BCUT2D eigenvalue weighted by atomic mass is 35.5. The molecule has 0 radical (unpaired) electrons. The average molecular weight is 356 g/mol. The lowest BCUT2D eigenvalue weighted by Gasteiger charge is -2.08. The first kappa shape index (κ1) is 18.2. The minimum atomic E-state index is -0.614. The number of nitriles is 1. The van der Waals surface area contributed by atoms with Crippen LogP contribution >= 0.6 is 11.6 Å². The summed E-state index contributed by atoms with van der Waals surface area (Å²) in [4.78, 5) is 22.6. The summed E-state index contributed by atoms with van der Waals surface area (Å²) in [7, 11) is 0. The maximum atomic E-state index is 12.3. The van der Waals surface area contributed by atoms with Gasteiger partial charge in [-0.05, 0) is 37.6 Å². The number of rotatable bonds is 4. The van der Waals surface area contributed by atoms with Gasteiger partial charge in [-0.25, -0.2) is 0 Å². The third-order valence-corrected chi connectivity index (χ3v) is 3.83. The van der Waals surface area contributed by atoms with E-state index >= 15 is 0 Å². The van der Waals surface area contributed by atoms with Crippen LogP contribution < -0.4 is 5.32 Å². The van der Waals surface area contributed by atoms with E-state index in [4.69, 9.17) is 11.6 Å². The molecule has 6 nitrogen and oxygen atoms in total. The van der Waals surface area contributed by atoms with Crippen molar-refractivity contribution in [1.82, 2.24) is 0 Å². The molecule has 0 saturated carbocycles. The number of nitro benzene ring substituents is 1. The van der Waals surface area contributed by atoms with Crippen LogP contribution in [0.2, 0.25) is 5.02 Å². The number of carbonyl (C=O) groups excluding carboxylic acids is 1. The molecule has 2 rings (SSSR count). The molecular weight excluding hydrogens is 342 g/mol. The summed E-state index contributed by atoms with van der Waals surface area (Å²) < 4.78 is 0. The molecule has 126 valence electrons. The van der Waals surface area contributed by atoms with Crippen molar-refractivity contribution < 1.29 is 9.72 Å². The smallest absolute Gasteiger partial charge is 0.270 e. The molecule has 0 heterocycles. The van der Waals surface area contributed by atoms with Crippen LogP contribution in [0.5, 0.6) is 0 Å². The van der Waals surface area contributed by atoms with Crippen molar-refractivity contribution in [3.8, 4) is 6.07 Å². The fourth-order valence-corrected chi connectivity index (χ4v) is 2.38. The zero-order chi connectivity index (χ0) is 18.6. The van der Waals surface area contributed by atoms with Gasteiger partial charge in [0.1, 0.15) is 11.6 Å². The van der Waals surface area contributed by atoms with Crippen LogP contribution in [0, 0.1) is 35.3 Å². The molecule has 0 fully saturated rings. The first-order valence-corrected chi connectivity index (χ1v) is 7.64. The normalized spacial score (nSPS) is 10.9. The summed E-state index contributed by atoms with van der Waals surface area (Å²) in [6, 6.07) is 11.1. The molecule has 0 aliphatic heterocycles. The van der Waals surface area contributed by atoms with E-state index in [2.05, 4.69) is 5.32 Å². The van der Waals surface area contributed by atoms with Crippen LogP contribution in [0.1, 0.15) is 16.7 Å². The lowest BCUT2D eigenvalue weighted by atomic mass is 10.1. The molecule has 0 aliphatic carbocycles. The van der Waals surface area contributed by atoms with Gasteiger partial charge < -0.3 is 5.32 Å². The zero-order valence-corrected chi connectivity index (χ0v) is 14.3. The Kier molecular flexibility index (Phi) is 5.52. The summed E-state index contributed by atoms with van der Waals surface area (Å²) in [5.41, 5.74) is 2.34. The second-order valence-corrected chi connectivity index (χ2v) is 5.81. The Morgan fingerprint density at radius 2 is 2.00 bits per heavy atom. The highest BCUT2D eigenvalue weighted by molar-refractivity contribution is 6.32. The van der Waals surface area contributed by atoms with Gasteiger partial charge in [0.05, 0.1) is 4.92 Å². The van der Waals surface area contributed by atoms with Gasteiger partial charge in [0.2, 0.25) is 0 Å². The van der Waals surface area contributed by atoms with E-state index in [1.54, 1.807) is 12.1 Å². The molecule has 0 atom stereocenters. The predicted octanol–water partition coefficient (Wildman–Crippen LogP) is 4.41. The van der Waals surface area contributed by atoms with Gasteiger partial charge in [0, 0.05) is 28.4 Å². The molecule has 1 N–H and O–H groups in total. The Balaban J connectivity index is 2.34. The van der Waals surface area contributed by atoms with E-state index in [1.165, 1.54) is 24.3 Å². The van der Waals surface area contributed by atoms with E-state index in [0.29, 0.717) is 5.69 Å². The molecule has 2 aromatic rings. The number of hydrogen-bond acceptors (Lipinski definition) is 4. The molecule has 7 heteroatoms. The molecule has 2 aromatic carbocycles. The van der Waals surface area contributed by atoms with Crippen molar-refractivity contribution in [3.05, 3.63) is 73.8 Å². The maximum Gasteiger partial charge on any atom is 0.270 e. The van der Waals surface area contributed by atoms with Crippen LogP contribution in [-0.4, -0.2) is 10.8 Å². The Morgan fingerprint density at radius 1 is 1.28 bits per heavy atom. The predicted molar refractivity (Wildman–Crippen MR) is 96.2 cm³/mol. The van der Waals surface area contributed by atoms with Gasteiger partial charge in [0.25, 0.3) is 11.6 Å². The molecule has 1 amide bonds. The molecular formula is C18H14ClN3O3. The largest absolute Gasteiger partial charge is 0.321 e. The molecule has 0 saturated heterocycles. The lowest BCUT2D eigenvalue weighted by Crippen LogP contribution is -2.14. The number of benzene rings is 2. The maximum absolute atomic E-state index is 12.3. The molecule has 0 spiro atoms. The van der Waals surface area contributed by atoms with Crippen molar-refractivity contribution in [2.45, 2.75) is 13.8 Å². The lowest BCUT2D eigenvalue weighted by molar-refractivity contribution is -0.384. The average Bonchev–Trinajstić information content (AvgIpc) is 2.56. The minimum Gasteiger partial charge on any atom is -0.321 e. The van der Waals surface area contributed by atoms with Gasteiger partial charge in [-0.15, -0.1) is 0 Å². The second-order valence-electron chi connectivity index (χ2n) is 5.41. The Hall–Kier alpha value is -3.17. The minimum absolute atomic E-state index is 0.178. The molecule has 0 bridgehead atoms. The molecule has 0 aliphatic rings. The number of carbonyl (C=O) groups is 1. The van der Waals surface area contributed by atoms with Crippen molar-refractivity contribution >= 4 is 35.0 Å². The van der Waals surface area contributed by atoms with Crippen LogP contribution in [-0.2, 0) is 4.79 Å². The van der Waals surface area contributed by atoms with Crippen LogP contribution in [0.4, 0.5) is 11.4 Å². The molecule has 0 aromatic heterocycles. The topological polar surface area (TPSA) is 96.0 Å². The van der Waals surface area contributed by atoms with E-state index < -0.39 is 10.8 Å². The van der Waals surface area contributed by atoms with E-state index in [9.17, 15) is 20.2 Å². The molecule has 0 unspecified atom stereocenters. The van der Waals surface area contributed by atoms with Crippen molar-refractivity contribution in [2.75, 3.05) is 5.32 Å². The summed E-state index contributed by atoms with van der Waals surface area (Å²) in [5, 5.41) is 23.0. The number of nitrogens with one attached hydrogen (secondary N) is 1. The number of non-ortho nitro benzene ring substituents is 1. The fourth-order valence-electron chi connectivity index (χ4n) is 2.20. The first-order chi connectivity index (χ1) is 11.8. The second kappa shape index (κ2) is 7.60. The number of nitro groups is 1. The third-order valence-electron chi connectivity index (χ3n) is 3.49.